The number of rotatable bonds is 4. The van der Waals surface area contributed by atoms with Crippen LogP contribution in [0.3, 0.4) is 0 Å². The van der Waals surface area contributed by atoms with Gasteiger partial charge in [-0.05, 0) is 48.0 Å². The molecule has 0 radical (unpaired) electrons. The third-order valence-electron chi connectivity index (χ3n) is 2.34. The minimum atomic E-state index is 0.376. The smallest absolute Gasteiger partial charge is 0.150 e. The Hall–Kier alpha value is -1.51. The van der Waals surface area contributed by atoms with E-state index in [1.807, 2.05) is 0 Å². The van der Waals surface area contributed by atoms with E-state index in [-0.39, 0.29) is 0 Å². The highest BCUT2D eigenvalue weighted by Crippen LogP contribution is 2.20. The summed E-state index contributed by atoms with van der Waals surface area (Å²) in [6.07, 6.45) is 0.792. The summed E-state index contributed by atoms with van der Waals surface area (Å²) in [5.41, 5.74) is 1.51. The maximum atomic E-state index is 10.5. The van der Waals surface area contributed by atoms with E-state index in [0.717, 1.165) is 11.8 Å². The molecule has 0 amide bonds. The lowest BCUT2D eigenvalue weighted by Gasteiger charge is -2.07. The summed E-state index contributed by atoms with van der Waals surface area (Å²) in [5.74, 6) is 0.691. The van der Waals surface area contributed by atoms with Gasteiger partial charge in [-0.1, -0.05) is 23.2 Å². The predicted molar refractivity (Wildman–Crippen MR) is 72.6 cm³/mol. The minimum absolute atomic E-state index is 0.376. The van der Waals surface area contributed by atoms with Gasteiger partial charge in [0, 0.05) is 15.6 Å². The molecule has 0 aromatic heterocycles. The van der Waals surface area contributed by atoms with Crippen LogP contribution in [0.4, 0.5) is 0 Å². The average molecular weight is 281 g/mol. The zero-order valence-corrected chi connectivity index (χ0v) is 10.9. The molecular formula is C14H10Cl2O2. The predicted octanol–water partition coefficient (Wildman–Crippen LogP) is 4.38. The molecule has 0 spiro atoms. The Kier molecular flexibility index (Phi) is 4.24. The molecule has 0 saturated heterocycles. The number of halogens is 2. The van der Waals surface area contributed by atoms with E-state index in [1.54, 1.807) is 42.5 Å². The van der Waals surface area contributed by atoms with Gasteiger partial charge >= 0.3 is 0 Å². The number of hydrogen-bond donors (Lipinski definition) is 0. The summed E-state index contributed by atoms with van der Waals surface area (Å²) in [4.78, 5) is 10.5. The van der Waals surface area contributed by atoms with Crippen molar-refractivity contribution in [1.29, 1.82) is 0 Å². The van der Waals surface area contributed by atoms with Crippen LogP contribution in [0.15, 0.2) is 42.5 Å². The number of benzene rings is 2. The molecule has 2 rings (SSSR count). The van der Waals surface area contributed by atoms with Crippen LogP contribution < -0.4 is 4.74 Å². The minimum Gasteiger partial charge on any atom is -0.489 e. The fraction of sp³-hybridized carbons (Fsp3) is 0.0714. The Morgan fingerprint density at radius 2 is 1.61 bits per heavy atom. The van der Waals surface area contributed by atoms with Crippen molar-refractivity contribution in [3.05, 3.63) is 63.6 Å². The Morgan fingerprint density at radius 1 is 1.00 bits per heavy atom. The highest BCUT2D eigenvalue weighted by Gasteiger charge is 2.00. The largest absolute Gasteiger partial charge is 0.489 e. The lowest BCUT2D eigenvalue weighted by atomic mass is 10.2. The summed E-state index contributed by atoms with van der Waals surface area (Å²) in [6.45, 7) is 0.376. The number of hydrogen-bond acceptors (Lipinski definition) is 2. The highest BCUT2D eigenvalue weighted by molar-refractivity contribution is 6.34. The first-order valence-electron chi connectivity index (χ1n) is 5.30. The van der Waals surface area contributed by atoms with Crippen LogP contribution in [-0.2, 0) is 6.61 Å². The van der Waals surface area contributed by atoms with E-state index in [0.29, 0.717) is 28.0 Å². The fourth-order valence-corrected chi connectivity index (χ4v) is 2.07. The molecule has 0 saturated carbocycles. The lowest BCUT2D eigenvalue weighted by molar-refractivity contribution is 0.112. The van der Waals surface area contributed by atoms with E-state index in [1.165, 1.54) is 0 Å². The van der Waals surface area contributed by atoms with Gasteiger partial charge in [0.25, 0.3) is 0 Å². The Balaban J connectivity index is 2.03. The van der Waals surface area contributed by atoms with Crippen molar-refractivity contribution < 1.29 is 9.53 Å². The summed E-state index contributed by atoms with van der Waals surface area (Å²) < 4.78 is 5.57. The van der Waals surface area contributed by atoms with Gasteiger partial charge in [0.2, 0.25) is 0 Å². The summed E-state index contributed by atoms with van der Waals surface area (Å²) >= 11 is 11.8. The molecule has 18 heavy (non-hydrogen) atoms. The molecule has 0 aliphatic heterocycles. The molecule has 2 nitrogen and oxygen atoms in total. The number of ether oxygens (including phenoxy) is 1. The van der Waals surface area contributed by atoms with Gasteiger partial charge in [0.15, 0.2) is 0 Å². The molecule has 0 atom stereocenters. The van der Waals surface area contributed by atoms with Gasteiger partial charge in [-0.2, -0.15) is 0 Å². The van der Waals surface area contributed by atoms with Crippen LogP contribution in [0.2, 0.25) is 10.0 Å². The van der Waals surface area contributed by atoms with Gasteiger partial charge in [0.05, 0.1) is 0 Å². The van der Waals surface area contributed by atoms with Crippen LogP contribution in [0.25, 0.3) is 0 Å². The zero-order chi connectivity index (χ0) is 13.0. The standard InChI is InChI=1S/C14H10Cl2O2/c15-12-5-11(6-13(16)7-12)9-18-14-3-1-10(8-17)2-4-14/h1-8H,9H2. The molecule has 0 unspecified atom stereocenters. The molecule has 0 aliphatic rings. The molecule has 2 aromatic rings. The first-order chi connectivity index (χ1) is 8.67. The van der Waals surface area contributed by atoms with Crippen LogP contribution in [0, 0.1) is 0 Å². The van der Waals surface area contributed by atoms with Gasteiger partial charge in [-0.15, -0.1) is 0 Å². The molecule has 0 aliphatic carbocycles. The maximum Gasteiger partial charge on any atom is 0.150 e. The number of aldehydes is 1. The summed E-state index contributed by atoms with van der Waals surface area (Å²) in [7, 11) is 0. The molecule has 0 fully saturated rings. The fourth-order valence-electron chi connectivity index (χ4n) is 1.50. The van der Waals surface area contributed by atoms with Crippen molar-refractivity contribution in [3.8, 4) is 5.75 Å². The summed E-state index contributed by atoms with van der Waals surface area (Å²) in [5, 5.41) is 1.16. The molecule has 92 valence electrons. The first kappa shape index (κ1) is 12.9. The van der Waals surface area contributed by atoms with Crippen molar-refractivity contribution in [2.45, 2.75) is 6.61 Å². The van der Waals surface area contributed by atoms with Crippen molar-refractivity contribution in [3.63, 3.8) is 0 Å². The normalized spacial score (nSPS) is 10.1. The third kappa shape index (κ3) is 3.49. The SMILES string of the molecule is O=Cc1ccc(OCc2cc(Cl)cc(Cl)c2)cc1. The number of carbonyl (C=O) groups is 1. The molecule has 2 aromatic carbocycles. The van der Waals surface area contributed by atoms with Gasteiger partial charge in [-0.25, -0.2) is 0 Å². The van der Waals surface area contributed by atoms with E-state index < -0.39 is 0 Å². The Labute approximate surface area is 115 Å². The van der Waals surface area contributed by atoms with Crippen LogP contribution in [-0.4, -0.2) is 6.29 Å². The molecule has 0 bridgehead atoms. The third-order valence-corrected chi connectivity index (χ3v) is 2.78. The maximum absolute atomic E-state index is 10.5. The van der Waals surface area contributed by atoms with E-state index in [2.05, 4.69) is 0 Å². The van der Waals surface area contributed by atoms with Crippen LogP contribution in [0.5, 0.6) is 5.75 Å². The van der Waals surface area contributed by atoms with Crippen LogP contribution in [0.1, 0.15) is 15.9 Å². The van der Waals surface area contributed by atoms with E-state index >= 15 is 0 Å². The molecule has 0 heterocycles. The second kappa shape index (κ2) is 5.89. The van der Waals surface area contributed by atoms with Crippen molar-refractivity contribution >= 4 is 29.5 Å². The zero-order valence-electron chi connectivity index (χ0n) is 9.40. The Bertz CT molecular complexity index is 530. The van der Waals surface area contributed by atoms with E-state index in [4.69, 9.17) is 27.9 Å². The first-order valence-corrected chi connectivity index (χ1v) is 6.06. The highest BCUT2D eigenvalue weighted by atomic mass is 35.5. The monoisotopic (exact) mass is 280 g/mol. The molecule has 4 heteroatoms. The molecular weight excluding hydrogens is 271 g/mol. The van der Waals surface area contributed by atoms with Crippen LogP contribution >= 0.6 is 23.2 Å². The topological polar surface area (TPSA) is 26.3 Å². The Morgan fingerprint density at radius 3 is 2.17 bits per heavy atom. The van der Waals surface area contributed by atoms with Gasteiger partial charge in [0.1, 0.15) is 18.6 Å². The molecule has 0 N–H and O–H groups in total. The summed E-state index contributed by atoms with van der Waals surface area (Å²) in [6, 6.07) is 12.2. The van der Waals surface area contributed by atoms with Crippen molar-refractivity contribution in [2.75, 3.05) is 0 Å². The second-order valence-electron chi connectivity index (χ2n) is 3.75. The quantitative estimate of drug-likeness (QED) is 0.777. The lowest BCUT2D eigenvalue weighted by Crippen LogP contribution is -1.95. The van der Waals surface area contributed by atoms with Gasteiger partial charge < -0.3 is 4.74 Å². The van der Waals surface area contributed by atoms with Crippen molar-refractivity contribution in [2.24, 2.45) is 0 Å². The van der Waals surface area contributed by atoms with E-state index in [9.17, 15) is 4.79 Å². The van der Waals surface area contributed by atoms with Crippen molar-refractivity contribution in [1.82, 2.24) is 0 Å². The number of carbonyl (C=O) groups excluding carboxylic acids is 1. The second-order valence-corrected chi connectivity index (χ2v) is 4.63. The van der Waals surface area contributed by atoms with Gasteiger partial charge in [-0.3, -0.25) is 4.79 Å². The average Bonchev–Trinajstić information content (AvgIpc) is 2.36.